The largest absolute Gasteiger partial charge is 0.370 e. The van der Waals surface area contributed by atoms with Crippen molar-refractivity contribution < 1.29 is 4.79 Å². The zero-order valence-electron chi connectivity index (χ0n) is 12.8. The Morgan fingerprint density at radius 3 is 2.48 bits per heavy atom. The van der Waals surface area contributed by atoms with Crippen LogP contribution in [0, 0.1) is 0 Å². The number of nitrogens with zero attached hydrogens (tertiary/aromatic N) is 3. The summed E-state index contributed by atoms with van der Waals surface area (Å²) in [5.41, 5.74) is 9.60. The molecule has 2 N–H and O–H groups in total. The van der Waals surface area contributed by atoms with Crippen LogP contribution in [0.15, 0.2) is 48.7 Å². The van der Waals surface area contributed by atoms with Crippen molar-refractivity contribution in [1.82, 2.24) is 9.61 Å². The zero-order chi connectivity index (χ0) is 15.8. The minimum absolute atomic E-state index is 0.439. The number of pyridine rings is 1. The second kappa shape index (κ2) is 5.43. The molecule has 1 saturated heterocycles. The molecule has 3 aromatic rings. The molecular formula is C18H18N4O. The summed E-state index contributed by atoms with van der Waals surface area (Å²) in [6, 6.07) is 13.7. The Morgan fingerprint density at radius 1 is 1.04 bits per heavy atom. The molecule has 1 aromatic carbocycles. The topological polar surface area (TPSA) is 63.6 Å². The average Bonchev–Trinajstić information content (AvgIpc) is 3.22. The molecule has 4 rings (SSSR count). The molecule has 1 aliphatic rings. The lowest BCUT2D eigenvalue weighted by Crippen LogP contribution is -2.20. The third-order valence-electron chi connectivity index (χ3n) is 4.37. The smallest absolute Gasteiger partial charge is 0.253 e. The lowest BCUT2D eigenvalue weighted by atomic mass is 10.1. The van der Waals surface area contributed by atoms with Crippen LogP contribution in [-0.2, 0) is 0 Å². The van der Waals surface area contributed by atoms with Crippen molar-refractivity contribution in [1.29, 1.82) is 0 Å². The van der Waals surface area contributed by atoms with Gasteiger partial charge in [-0.3, -0.25) is 4.79 Å². The number of amides is 1. The molecule has 5 heteroatoms. The molecule has 1 aliphatic heterocycles. The molecule has 0 spiro atoms. The van der Waals surface area contributed by atoms with Gasteiger partial charge in [-0.15, -0.1) is 0 Å². The van der Waals surface area contributed by atoms with Gasteiger partial charge in [-0.25, -0.2) is 4.52 Å². The number of primary amides is 1. The molecule has 23 heavy (non-hydrogen) atoms. The van der Waals surface area contributed by atoms with Gasteiger partial charge < -0.3 is 10.6 Å². The average molecular weight is 306 g/mol. The van der Waals surface area contributed by atoms with Crippen molar-refractivity contribution in [2.75, 3.05) is 18.0 Å². The fourth-order valence-corrected chi connectivity index (χ4v) is 3.33. The monoisotopic (exact) mass is 306 g/mol. The molecule has 0 unspecified atom stereocenters. The van der Waals surface area contributed by atoms with Gasteiger partial charge in [0.15, 0.2) is 0 Å². The molecule has 0 saturated carbocycles. The summed E-state index contributed by atoms with van der Waals surface area (Å²) >= 11 is 0. The fourth-order valence-electron chi connectivity index (χ4n) is 3.33. The normalized spacial score (nSPS) is 14.5. The van der Waals surface area contributed by atoms with Crippen molar-refractivity contribution in [2.45, 2.75) is 12.8 Å². The number of rotatable bonds is 3. The second-order valence-corrected chi connectivity index (χ2v) is 5.83. The van der Waals surface area contributed by atoms with Crippen molar-refractivity contribution in [2.24, 2.45) is 5.73 Å². The maximum atomic E-state index is 12.2. The van der Waals surface area contributed by atoms with Crippen LogP contribution >= 0.6 is 0 Å². The minimum atomic E-state index is -0.439. The van der Waals surface area contributed by atoms with E-state index in [-0.39, 0.29) is 0 Å². The van der Waals surface area contributed by atoms with Crippen LogP contribution in [0.25, 0.3) is 16.8 Å². The van der Waals surface area contributed by atoms with Gasteiger partial charge in [0, 0.05) is 24.8 Å². The highest BCUT2D eigenvalue weighted by atomic mass is 16.1. The van der Waals surface area contributed by atoms with Crippen molar-refractivity contribution in [3.63, 3.8) is 0 Å². The third-order valence-corrected chi connectivity index (χ3v) is 4.37. The van der Waals surface area contributed by atoms with Crippen LogP contribution in [0.3, 0.4) is 0 Å². The lowest BCUT2D eigenvalue weighted by Gasteiger charge is -2.19. The second-order valence-electron chi connectivity index (χ2n) is 5.83. The standard InChI is InChI=1S/C18H18N4O/c19-18(23)15-16(13-7-2-1-3-8-13)20-22-12-6-9-14(17(15)22)21-10-4-5-11-21/h1-3,6-9,12H,4-5,10-11H2,(H2,19,23). The highest BCUT2D eigenvalue weighted by Gasteiger charge is 2.24. The van der Waals surface area contributed by atoms with Gasteiger partial charge in [0.05, 0.1) is 11.3 Å². The summed E-state index contributed by atoms with van der Waals surface area (Å²) in [5, 5.41) is 4.63. The van der Waals surface area contributed by atoms with E-state index in [0.717, 1.165) is 29.9 Å². The van der Waals surface area contributed by atoms with Crippen LogP contribution in [0.4, 0.5) is 5.69 Å². The predicted molar refractivity (Wildman–Crippen MR) is 90.6 cm³/mol. The summed E-state index contributed by atoms with van der Waals surface area (Å²) < 4.78 is 1.77. The van der Waals surface area contributed by atoms with E-state index in [9.17, 15) is 4.79 Å². The fraction of sp³-hybridized carbons (Fsp3) is 0.222. The first-order chi connectivity index (χ1) is 11.3. The van der Waals surface area contributed by atoms with Crippen LogP contribution in [0.1, 0.15) is 23.2 Å². The Hall–Kier alpha value is -2.82. The molecular weight excluding hydrogens is 288 g/mol. The van der Waals surface area contributed by atoms with E-state index in [2.05, 4.69) is 10.00 Å². The summed E-state index contributed by atoms with van der Waals surface area (Å²) in [6.45, 7) is 2.01. The van der Waals surface area contributed by atoms with E-state index in [1.807, 2.05) is 48.7 Å². The third kappa shape index (κ3) is 2.25. The summed E-state index contributed by atoms with van der Waals surface area (Å²) in [5.74, 6) is -0.439. The SMILES string of the molecule is NC(=O)c1c(-c2ccccc2)nn2cccc(N3CCCC3)c12. The number of carbonyl (C=O) groups is 1. The molecule has 0 bridgehead atoms. The molecule has 1 fully saturated rings. The van der Waals surface area contributed by atoms with Gasteiger partial charge in [0.2, 0.25) is 0 Å². The highest BCUT2D eigenvalue weighted by Crippen LogP contribution is 2.33. The first kappa shape index (κ1) is 13.8. The molecule has 0 atom stereocenters. The number of hydrogen-bond acceptors (Lipinski definition) is 3. The molecule has 3 heterocycles. The first-order valence-electron chi connectivity index (χ1n) is 7.87. The Kier molecular flexibility index (Phi) is 3.26. The molecule has 0 aliphatic carbocycles. The maximum absolute atomic E-state index is 12.2. The maximum Gasteiger partial charge on any atom is 0.253 e. The van der Waals surface area contributed by atoms with Gasteiger partial charge >= 0.3 is 0 Å². The highest BCUT2D eigenvalue weighted by molar-refractivity contribution is 6.08. The Balaban J connectivity index is 2.00. The number of nitrogens with two attached hydrogens (primary N) is 1. The number of benzene rings is 1. The molecule has 1 amide bonds. The molecule has 116 valence electrons. The predicted octanol–water partition coefficient (Wildman–Crippen LogP) is 2.70. The zero-order valence-corrected chi connectivity index (χ0v) is 12.8. The van der Waals surface area contributed by atoms with Crippen LogP contribution in [0.5, 0.6) is 0 Å². The van der Waals surface area contributed by atoms with Gasteiger partial charge in [-0.1, -0.05) is 30.3 Å². The molecule has 0 radical (unpaired) electrons. The summed E-state index contributed by atoms with van der Waals surface area (Å²) in [7, 11) is 0. The molecule has 5 nitrogen and oxygen atoms in total. The summed E-state index contributed by atoms with van der Waals surface area (Å²) in [4.78, 5) is 14.5. The van der Waals surface area contributed by atoms with Crippen molar-refractivity contribution in [3.8, 4) is 11.3 Å². The Morgan fingerprint density at radius 2 is 1.78 bits per heavy atom. The number of anilines is 1. The Labute approximate surface area is 134 Å². The van der Waals surface area contributed by atoms with Crippen LogP contribution < -0.4 is 10.6 Å². The van der Waals surface area contributed by atoms with E-state index in [4.69, 9.17) is 5.73 Å². The van der Waals surface area contributed by atoms with Gasteiger partial charge in [-0.05, 0) is 25.0 Å². The Bertz CT molecular complexity index is 863. The number of aromatic nitrogens is 2. The van der Waals surface area contributed by atoms with E-state index in [1.54, 1.807) is 4.52 Å². The van der Waals surface area contributed by atoms with Crippen LogP contribution in [-0.4, -0.2) is 28.6 Å². The van der Waals surface area contributed by atoms with E-state index >= 15 is 0 Å². The lowest BCUT2D eigenvalue weighted by molar-refractivity contribution is 0.100. The van der Waals surface area contributed by atoms with Crippen molar-refractivity contribution in [3.05, 3.63) is 54.2 Å². The number of hydrogen-bond donors (Lipinski definition) is 1. The summed E-state index contributed by atoms with van der Waals surface area (Å²) in [6.07, 6.45) is 4.22. The quantitative estimate of drug-likeness (QED) is 0.809. The number of carbonyl (C=O) groups excluding carboxylic acids is 1. The van der Waals surface area contributed by atoms with Gasteiger partial charge in [0.25, 0.3) is 5.91 Å². The molecule has 2 aromatic heterocycles. The van der Waals surface area contributed by atoms with Gasteiger partial charge in [0.1, 0.15) is 11.2 Å². The van der Waals surface area contributed by atoms with E-state index < -0.39 is 5.91 Å². The van der Waals surface area contributed by atoms with Crippen molar-refractivity contribution >= 4 is 17.1 Å². The van der Waals surface area contributed by atoms with E-state index in [1.165, 1.54) is 12.8 Å². The van der Waals surface area contributed by atoms with Crippen LogP contribution in [0.2, 0.25) is 0 Å². The van der Waals surface area contributed by atoms with E-state index in [0.29, 0.717) is 11.3 Å². The first-order valence-corrected chi connectivity index (χ1v) is 7.87. The minimum Gasteiger partial charge on any atom is -0.370 e. The van der Waals surface area contributed by atoms with Gasteiger partial charge in [-0.2, -0.15) is 5.10 Å². The number of fused-ring (bicyclic) bond motifs is 1.